The molecular formula is C26H21F4N3O3S. The number of rotatable bonds is 4. The van der Waals surface area contributed by atoms with Gasteiger partial charge in [0.15, 0.2) is 4.87 Å². The van der Waals surface area contributed by atoms with E-state index >= 15 is 0 Å². The van der Waals surface area contributed by atoms with Crippen molar-refractivity contribution in [2.45, 2.75) is 17.6 Å². The van der Waals surface area contributed by atoms with Gasteiger partial charge in [-0.25, -0.2) is 9.18 Å². The molecule has 0 aliphatic carbocycles. The average Bonchev–Trinajstić information content (AvgIpc) is 3.41. The molecule has 5 rings (SSSR count). The fourth-order valence-electron chi connectivity index (χ4n) is 4.62. The zero-order valence-electron chi connectivity index (χ0n) is 19.5. The van der Waals surface area contributed by atoms with Crippen LogP contribution in [-0.4, -0.2) is 36.2 Å². The maximum atomic E-state index is 14.0. The van der Waals surface area contributed by atoms with E-state index in [4.69, 9.17) is 4.74 Å². The number of carbonyl (C=O) groups is 2. The van der Waals surface area contributed by atoms with E-state index in [2.05, 4.69) is 5.32 Å². The molecule has 3 aromatic rings. The first-order valence-electron chi connectivity index (χ1n) is 11.3. The zero-order chi connectivity index (χ0) is 26.4. The molecule has 1 saturated heterocycles. The van der Waals surface area contributed by atoms with Crippen LogP contribution in [0.5, 0.6) is 5.75 Å². The number of nitrogens with one attached hydrogen (secondary N) is 1. The summed E-state index contributed by atoms with van der Waals surface area (Å²) in [6.45, 7) is 0.264. The van der Waals surface area contributed by atoms with Gasteiger partial charge in [-0.1, -0.05) is 18.2 Å². The first-order chi connectivity index (χ1) is 17.6. The molecule has 1 N–H and O–H groups in total. The summed E-state index contributed by atoms with van der Waals surface area (Å²) in [6.07, 6.45) is -4.47. The molecule has 192 valence electrons. The van der Waals surface area contributed by atoms with Crippen LogP contribution >= 0.6 is 11.8 Å². The Morgan fingerprint density at radius 3 is 2.54 bits per heavy atom. The summed E-state index contributed by atoms with van der Waals surface area (Å²) >= 11 is 1.29. The lowest BCUT2D eigenvalue weighted by Gasteiger charge is -2.33. The van der Waals surface area contributed by atoms with Gasteiger partial charge in [0.05, 0.1) is 24.9 Å². The van der Waals surface area contributed by atoms with Gasteiger partial charge in [0.25, 0.3) is 5.91 Å². The Hall–Kier alpha value is -3.73. The van der Waals surface area contributed by atoms with Gasteiger partial charge >= 0.3 is 12.2 Å². The Bertz CT molecular complexity index is 1370. The fourth-order valence-corrected chi connectivity index (χ4v) is 6.07. The van der Waals surface area contributed by atoms with E-state index in [1.165, 1.54) is 59.0 Å². The van der Waals surface area contributed by atoms with E-state index in [0.717, 1.165) is 12.1 Å². The molecule has 1 unspecified atom stereocenters. The van der Waals surface area contributed by atoms with Crippen LogP contribution in [0.1, 0.15) is 16.7 Å². The Kier molecular flexibility index (Phi) is 6.26. The number of carbonyl (C=O) groups excluding carboxylic acids is 2. The van der Waals surface area contributed by atoms with Crippen molar-refractivity contribution in [2.24, 2.45) is 0 Å². The summed E-state index contributed by atoms with van der Waals surface area (Å²) in [7, 11) is 1.49. The van der Waals surface area contributed by atoms with Gasteiger partial charge in [0.1, 0.15) is 11.6 Å². The van der Waals surface area contributed by atoms with Crippen molar-refractivity contribution in [1.29, 1.82) is 0 Å². The Balaban J connectivity index is 1.51. The number of methoxy groups -OCH3 is 1. The number of nitrogens with zero attached hydrogens (tertiary/aromatic N) is 2. The summed E-state index contributed by atoms with van der Waals surface area (Å²) in [6, 6.07) is 14.6. The predicted octanol–water partition coefficient (Wildman–Crippen LogP) is 5.83. The summed E-state index contributed by atoms with van der Waals surface area (Å²) in [5.41, 5.74) is 1.04. The quantitative estimate of drug-likeness (QED) is 0.430. The first-order valence-corrected chi connectivity index (χ1v) is 12.3. The topological polar surface area (TPSA) is 61.9 Å². The van der Waals surface area contributed by atoms with Crippen LogP contribution in [0.2, 0.25) is 0 Å². The maximum absolute atomic E-state index is 14.0. The Morgan fingerprint density at radius 2 is 1.86 bits per heavy atom. The molecule has 2 heterocycles. The van der Waals surface area contributed by atoms with Gasteiger partial charge in [-0.3, -0.25) is 9.69 Å². The van der Waals surface area contributed by atoms with Crippen molar-refractivity contribution in [1.82, 2.24) is 4.90 Å². The molecular weight excluding hydrogens is 510 g/mol. The van der Waals surface area contributed by atoms with Crippen molar-refractivity contribution >= 4 is 35.1 Å². The molecule has 0 aromatic heterocycles. The molecule has 0 bridgehead atoms. The van der Waals surface area contributed by atoms with Gasteiger partial charge in [-0.2, -0.15) is 13.2 Å². The average molecular weight is 532 g/mol. The minimum Gasteiger partial charge on any atom is -0.497 e. The second kappa shape index (κ2) is 9.29. The third-order valence-corrected chi connectivity index (χ3v) is 7.76. The second-order valence-electron chi connectivity index (χ2n) is 8.55. The van der Waals surface area contributed by atoms with E-state index in [9.17, 15) is 27.2 Å². The number of alkyl halides is 3. The highest BCUT2D eigenvalue weighted by atomic mass is 32.2. The SMILES string of the molecule is COc1ccc2c(c1)C1(SCCN1C(=O)Nc1cccc(F)c1)C(=O)N2Cc1ccc(C(F)(F)F)cc1. The smallest absolute Gasteiger partial charge is 0.416 e. The molecule has 0 radical (unpaired) electrons. The van der Waals surface area contributed by atoms with Crippen LogP contribution in [0.4, 0.5) is 33.7 Å². The van der Waals surface area contributed by atoms with Crippen LogP contribution in [0.3, 0.4) is 0 Å². The number of benzene rings is 3. The summed E-state index contributed by atoms with van der Waals surface area (Å²) in [5.74, 6) is 0.0403. The molecule has 1 fully saturated rings. The van der Waals surface area contributed by atoms with E-state index in [0.29, 0.717) is 28.3 Å². The van der Waals surface area contributed by atoms with Crippen molar-refractivity contribution < 1.29 is 31.9 Å². The third kappa shape index (κ3) is 4.37. The monoisotopic (exact) mass is 531 g/mol. The number of halogens is 4. The maximum Gasteiger partial charge on any atom is 0.416 e. The molecule has 3 aromatic carbocycles. The van der Waals surface area contributed by atoms with Gasteiger partial charge < -0.3 is 15.0 Å². The number of hydrogen-bond donors (Lipinski definition) is 1. The van der Waals surface area contributed by atoms with E-state index in [-0.39, 0.29) is 18.8 Å². The van der Waals surface area contributed by atoms with Crippen LogP contribution in [-0.2, 0) is 22.4 Å². The summed E-state index contributed by atoms with van der Waals surface area (Å²) < 4.78 is 58.1. The van der Waals surface area contributed by atoms with E-state index < -0.39 is 34.4 Å². The molecule has 37 heavy (non-hydrogen) atoms. The number of anilines is 2. The molecule has 1 atom stereocenters. The number of urea groups is 1. The third-order valence-electron chi connectivity index (χ3n) is 6.34. The molecule has 6 nitrogen and oxygen atoms in total. The van der Waals surface area contributed by atoms with Gasteiger partial charge in [-0.05, 0) is 54.1 Å². The minimum atomic E-state index is -4.47. The van der Waals surface area contributed by atoms with Gasteiger partial charge in [-0.15, -0.1) is 11.8 Å². The highest BCUT2D eigenvalue weighted by Gasteiger charge is 2.59. The fraction of sp³-hybridized carbons (Fsp3) is 0.231. The molecule has 2 aliphatic heterocycles. The molecule has 11 heteroatoms. The summed E-state index contributed by atoms with van der Waals surface area (Å²) in [5, 5.41) is 2.67. The van der Waals surface area contributed by atoms with Crippen molar-refractivity contribution in [2.75, 3.05) is 29.6 Å². The van der Waals surface area contributed by atoms with Crippen LogP contribution < -0.4 is 15.0 Å². The van der Waals surface area contributed by atoms with Crippen molar-refractivity contribution in [3.8, 4) is 5.75 Å². The Labute approximate surface area is 214 Å². The molecule has 1 spiro atoms. The Morgan fingerprint density at radius 1 is 1.11 bits per heavy atom. The lowest BCUT2D eigenvalue weighted by atomic mass is 10.1. The molecule has 0 saturated carbocycles. The lowest BCUT2D eigenvalue weighted by Crippen LogP contribution is -2.51. The largest absolute Gasteiger partial charge is 0.497 e. The predicted molar refractivity (Wildman–Crippen MR) is 132 cm³/mol. The zero-order valence-corrected chi connectivity index (χ0v) is 20.3. The second-order valence-corrected chi connectivity index (χ2v) is 9.84. The number of fused-ring (bicyclic) bond motifs is 2. The van der Waals surface area contributed by atoms with E-state index in [1.54, 1.807) is 24.3 Å². The summed E-state index contributed by atoms with van der Waals surface area (Å²) in [4.78, 5) is 28.9. The van der Waals surface area contributed by atoms with Gasteiger partial charge in [0, 0.05) is 23.5 Å². The highest BCUT2D eigenvalue weighted by Crippen LogP contribution is 2.55. The highest BCUT2D eigenvalue weighted by molar-refractivity contribution is 8.01. The van der Waals surface area contributed by atoms with E-state index in [1.807, 2.05) is 0 Å². The standard InChI is InChI=1S/C26H21F4N3O3S/c1-36-20-9-10-22-21(14-20)25(23(34)32(22)15-16-5-7-17(8-6-16)26(28,29)30)33(11-12-37-25)24(35)31-19-4-2-3-18(27)13-19/h2-10,13-14H,11-12,15H2,1H3,(H,31,35). The minimum absolute atomic E-state index is 0.0119. The number of hydrogen-bond acceptors (Lipinski definition) is 4. The van der Waals surface area contributed by atoms with Crippen LogP contribution in [0.15, 0.2) is 66.7 Å². The molecule has 2 aliphatic rings. The lowest BCUT2D eigenvalue weighted by molar-refractivity contribution is -0.137. The normalized spacial score (nSPS) is 18.9. The van der Waals surface area contributed by atoms with Gasteiger partial charge in [0.2, 0.25) is 0 Å². The number of amides is 3. The van der Waals surface area contributed by atoms with Crippen molar-refractivity contribution in [3.63, 3.8) is 0 Å². The first kappa shape index (κ1) is 24.9. The number of thioether (sulfide) groups is 1. The van der Waals surface area contributed by atoms with Crippen molar-refractivity contribution in [3.05, 3.63) is 89.2 Å². The van der Waals surface area contributed by atoms with Crippen LogP contribution in [0, 0.1) is 5.82 Å². The van der Waals surface area contributed by atoms with Crippen LogP contribution in [0.25, 0.3) is 0 Å². The number of ether oxygens (including phenoxy) is 1. The molecule has 3 amide bonds.